The quantitative estimate of drug-likeness (QED) is 0.712. The molecule has 1 heterocycles. The van der Waals surface area contributed by atoms with Crippen molar-refractivity contribution in [2.24, 2.45) is 0 Å². The molecule has 0 aromatic heterocycles. The smallest absolute Gasteiger partial charge is 0.254 e. The highest BCUT2D eigenvalue weighted by Gasteiger charge is 2.23. The summed E-state index contributed by atoms with van der Waals surface area (Å²) in [5.74, 6) is 2.82. The summed E-state index contributed by atoms with van der Waals surface area (Å²) in [6.45, 7) is 3.66. The van der Waals surface area contributed by atoms with E-state index in [9.17, 15) is 4.79 Å². The van der Waals surface area contributed by atoms with Crippen LogP contribution in [-0.4, -0.2) is 70.3 Å². The number of nitrogens with zero attached hydrogens (tertiary/aromatic N) is 2. The SMILES string of the molecule is COc1ccc(OC)c(CN2CCN(C(=O)c3ccc(OC)c(OC)c3)CC2)c1. The zero-order valence-corrected chi connectivity index (χ0v) is 17.4. The minimum atomic E-state index is 0.00423. The van der Waals surface area contributed by atoms with E-state index in [1.165, 1.54) is 0 Å². The summed E-state index contributed by atoms with van der Waals surface area (Å²) >= 11 is 0. The molecule has 0 unspecified atom stereocenters. The van der Waals surface area contributed by atoms with Gasteiger partial charge < -0.3 is 23.8 Å². The van der Waals surface area contributed by atoms with Crippen LogP contribution in [0.15, 0.2) is 36.4 Å². The van der Waals surface area contributed by atoms with Crippen molar-refractivity contribution in [3.8, 4) is 23.0 Å². The summed E-state index contributed by atoms with van der Waals surface area (Å²) in [7, 11) is 6.47. The lowest BCUT2D eigenvalue weighted by atomic mass is 10.1. The van der Waals surface area contributed by atoms with Crippen LogP contribution in [0.5, 0.6) is 23.0 Å². The van der Waals surface area contributed by atoms with Crippen LogP contribution in [0.4, 0.5) is 0 Å². The third kappa shape index (κ3) is 4.74. The molecule has 1 fully saturated rings. The molecule has 1 saturated heterocycles. The van der Waals surface area contributed by atoms with Crippen LogP contribution in [0.3, 0.4) is 0 Å². The van der Waals surface area contributed by atoms with E-state index in [0.29, 0.717) is 30.2 Å². The number of hydrogen-bond donors (Lipinski definition) is 0. The zero-order valence-electron chi connectivity index (χ0n) is 17.4. The zero-order chi connectivity index (χ0) is 20.8. The minimum absolute atomic E-state index is 0.00423. The first-order chi connectivity index (χ1) is 14.1. The Bertz CT molecular complexity index is 847. The first-order valence-electron chi connectivity index (χ1n) is 9.54. The van der Waals surface area contributed by atoms with E-state index in [0.717, 1.165) is 36.7 Å². The Kier molecular flexibility index (Phi) is 6.82. The van der Waals surface area contributed by atoms with Crippen LogP contribution in [0, 0.1) is 0 Å². The normalized spacial score (nSPS) is 14.4. The Labute approximate surface area is 171 Å². The number of amides is 1. The monoisotopic (exact) mass is 400 g/mol. The van der Waals surface area contributed by atoms with Gasteiger partial charge in [-0.1, -0.05) is 0 Å². The van der Waals surface area contributed by atoms with Crippen molar-refractivity contribution in [3.63, 3.8) is 0 Å². The Morgan fingerprint density at radius 3 is 2.07 bits per heavy atom. The van der Waals surface area contributed by atoms with Gasteiger partial charge in [-0.2, -0.15) is 0 Å². The predicted molar refractivity (Wildman–Crippen MR) is 110 cm³/mol. The lowest BCUT2D eigenvalue weighted by molar-refractivity contribution is 0.0627. The number of benzene rings is 2. The Balaban J connectivity index is 1.63. The van der Waals surface area contributed by atoms with Crippen molar-refractivity contribution in [2.75, 3.05) is 54.6 Å². The molecular formula is C22H28N2O5. The van der Waals surface area contributed by atoms with Crippen molar-refractivity contribution in [3.05, 3.63) is 47.5 Å². The Morgan fingerprint density at radius 2 is 1.45 bits per heavy atom. The van der Waals surface area contributed by atoms with Crippen molar-refractivity contribution in [2.45, 2.75) is 6.54 Å². The molecule has 156 valence electrons. The van der Waals surface area contributed by atoms with Gasteiger partial charge in [0.1, 0.15) is 11.5 Å². The van der Waals surface area contributed by atoms with Gasteiger partial charge >= 0.3 is 0 Å². The molecule has 2 aromatic carbocycles. The summed E-state index contributed by atoms with van der Waals surface area (Å²) in [5.41, 5.74) is 1.68. The Hall–Kier alpha value is -2.93. The number of piperazine rings is 1. The highest BCUT2D eigenvalue weighted by Crippen LogP contribution is 2.29. The maximum atomic E-state index is 12.9. The number of carbonyl (C=O) groups excluding carboxylic acids is 1. The second-order valence-electron chi connectivity index (χ2n) is 6.82. The van der Waals surface area contributed by atoms with E-state index < -0.39 is 0 Å². The van der Waals surface area contributed by atoms with Crippen molar-refractivity contribution < 1.29 is 23.7 Å². The Morgan fingerprint density at radius 1 is 0.793 bits per heavy atom. The van der Waals surface area contributed by atoms with Gasteiger partial charge in [-0.05, 0) is 36.4 Å². The van der Waals surface area contributed by atoms with E-state index in [2.05, 4.69) is 4.90 Å². The first kappa shape index (κ1) is 20.8. The molecule has 7 nitrogen and oxygen atoms in total. The lowest BCUT2D eigenvalue weighted by Crippen LogP contribution is -2.48. The van der Waals surface area contributed by atoms with E-state index >= 15 is 0 Å². The fourth-order valence-corrected chi connectivity index (χ4v) is 3.51. The third-order valence-corrected chi connectivity index (χ3v) is 5.17. The van der Waals surface area contributed by atoms with E-state index in [1.54, 1.807) is 46.6 Å². The second-order valence-corrected chi connectivity index (χ2v) is 6.82. The lowest BCUT2D eigenvalue weighted by Gasteiger charge is -2.35. The number of ether oxygens (including phenoxy) is 4. The minimum Gasteiger partial charge on any atom is -0.497 e. The van der Waals surface area contributed by atoms with Gasteiger partial charge in [0.25, 0.3) is 5.91 Å². The molecule has 0 saturated carbocycles. The molecular weight excluding hydrogens is 372 g/mol. The first-order valence-corrected chi connectivity index (χ1v) is 9.54. The average molecular weight is 400 g/mol. The molecule has 1 aliphatic rings. The molecule has 0 aliphatic carbocycles. The average Bonchev–Trinajstić information content (AvgIpc) is 2.78. The van der Waals surface area contributed by atoms with E-state index in [1.807, 2.05) is 23.1 Å². The summed E-state index contributed by atoms with van der Waals surface area (Å²) in [6, 6.07) is 11.1. The number of rotatable bonds is 7. The van der Waals surface area contributed by atoms with E-state index in [-0.39, 0.29) is 5.91 Å². The van der Waals surface area contributed by atoms with Crippen LogP contribution >= 0.6 is 0 Å². The maximum Gasteiger partial charge on any atom is 0.254 e. The molecule has 0 bridgehead atoms. The van der Waals surface area contributed by atoms with Crippen molar-refractivity contribution >= 4 is 5.91 Å². The van der Waals surface area contributed by atoms with Crippen LogP contribution < -0.4 is 18.9 Å². The highest BCUT2D eigenvalue weighted by molar-refractivity contribution is 5.95. The second kappa shape index (κ2) is 9.52. The summed E-state index contributed by atoms with van der Waals surface area (Å²) in [4.78, 5) is 17.1. The van der Waals surface area contributed by atoms with Gasteiger partial charge in [0.05, 0.1) is 28.4 Å². The standard InChI is InChI=1S/C22H28N2O5/c1-26-18-6-8-19(27-2)17(13-18)15-23-9-11-24(12-10-23)22(25)16-5-7-20(28-3)21(14-16)29-4/h5-8,13-14H,9-12,15H2,1-4H3. The fraction of sp³-hybridized carbons (Fsp3) is 0.409. The fourth-order valence-electron chi connectivity index (χ4n) is 3.51. The van der Waals surface area contributed by atoms with Gasteiger partial charge in [-0.15, -0.1) is 0 Å². The number of hydrogen-bond acceptors (Lipinski definition) is 6. The van der Waals surface area contributed by atoms with Crippen LogP contribution in [0.1, 0.15) is 15.9 Å². The number of carbonyl (C=O) groups is 1. The van der Waals surface area contributed by atoms with Gasteiger partial charge in [-0.3, -0.25) is 9.69 Å². The third-order valence-electron chi connectivity index (χ3n) is 5.17. The summed E-state index contributed by atoms with van der Waals surface area (Å²) < 4.78 is 21.4. The van der Waals surface area contributed by atoms with Crippen molar-refractivity contribution in [1.29, 1.82) is 0 Å². The van der Waals surface area contributed by atoms with Crippen LogP contribution in [0.25, 0.3) is 0 Å². The molecule has 1 aliphatic heterocycles. The molecule has 29 heavy (non-hydrogen) atoms. The highest BCUT2D eigenvalue weighted by atomic mass is 16.5. The topological polar surface area (TPSA) is 60.5 Å². The molecule has 0 spiro atoms. The van der Waals surface area contributed by atoms with Crippen LogP contribution in [0.2, 0.25) is 0 Å². The van der Waals surface area contributed by atoms with Gasteiger partial charge in [0.15, 0.2) is 11.5 Å². The van der Waals surface area contributed by atoms with Crippen molar-refractivity contribution in [1.82, 2.24) is 9.80 Å². The van der Waals surface area contributed by atoms with Gasteiger partial charge in [-0.25, -0.2) is 0 Å². The number of methoxy groups -OCH3 is 4. The molecule has 0 atom stereocenters. The van der Waals surface area contributed by atoms with Gasteiger partial charge in [0, 0.05) is 43.9 Å². The summed E-state index contributed by atoms with van der Waals surface area (Å²) in [6.07, 6.45) is 0. The molecule has 0 N–H and O–H groups in total. The van der Waals surface area contributed by atoms with Crippen LogP contribution in [-0.2, 0) is 6.54 Å². The van der Waals surface area contributed by atoms with E-state index in [4.69, 9.17) is 18.9 Å². The molecule has 3 rings (SSSR count). The predicted octanol–water partition coefficient (Wildman–Crippen LogP) is 2.68. The molecule has 1 amide bonds. The largest absolute Gasteiger partial charge is 0.497 e. The maximum absolute atomic E-state index is 12.9. The van der Waals surface area contributed by atoms with Gasteiger partial charge in [0.2, 0.25) is 0 Å². The molecule has 7 heteroatoms. The molecule has 2 aromatic rings. The summed E-state index contributed by atoms with van der Waals surface area (Å²) in [5, 5.41) is 0. The molecule has 0 radical (unpaired) electrons.